The Bertz CT molecular complexity index is 981. The molecule has 3 saturated carbocycles. The van der Waals surface area contributed by atoms with Crippen LogP contribution in [-0.4, -0.2) is 58.2 Å². The predicted octanol–water partition coefficient (Wildman–Crippen LogP) is 4.50. The number of aliphatic hydroxyl groups excluding tert-OH is 1. The van der Waals surface area contributed by atoms with Crippen molar-refractivity contribution in [1.29, 1.82) is 0 Å². The summed E-state index contributed by atoms with van der Waals surface area (Å²) in [4.78, 5) is 39.1. The lowest BCUT2D eigenvalue weighted by Crippen LogP contribution is -2.69. The Morgan fingerprint density at radius 1 is 1.18 bits per heavy atom. The van der Waals surface area contributed by atoms with Crippen molar-refractivity contribution in [3.05, 3.63) is 23.8 Å². The summed E-state index contributed by atoms with van der Waals surface area (Å²) in [6, 6.07) is 0. The Morgan fingerprint density at radius 2 is 1.82 bits per heavy atom. The third kappa shape index (κ3) is 2.95. The van der Waals surface area contributed by atoms with E-state index in [0.717, 1.165) is 0 Å². The molecular formula is C25H33F2NO4S. The van der Waals surface area contributed by atoms with Gasteiger partial charge in [-0.3, -0.25) is 14.4 Å². The standard InChI is InChI=1S/C25H33F2NO4S/c1-13-9-15-16-11-18(26)17-10-14(29)7-8-22(17,2)25(16,27)19(30)12-23(15,3)24(13,4)20(31)33-21(32)28(5)6/h7-8,10,13,15-16,18-19,30H,9,11-12H2,1-6H3/t13-,15?,16?,18+,19+,22+,23+,24-,25+/m1/s1. The smallest absolute Gasteiger partial charge is 0.288 e. The zero-order valence-corrected chi connectivity index (χ0v) is 20.8. The van der Waals surface area contributed by atoms with Crippen molar-refractivity contribution in [3.8, 4) is 0 Å². The summed E-state index contributed by atoms with van der Waals surface area (Å²) in [5.74, 6) is -1.73. The van der Waals surface area contributed by atoms with E-state index in [0.29, 0.717) is 18.2 Å². The van der Waals surface area contributed by atoms with Crippen LogP contribution in [0.3, 0.4) is 0 Å². The fourth-order valence-corrected chi connectivity index (χ4v) is 8.46. The number of ketones is 1. The molecule has 1 N–H and O–H groups in total. The number of halogens is 2. The fourth-order valence-electron chi connectivity index (χ4n) is 7.48. The van der Waals surface area contributed by atoms with E-state index >= 15 is 8.78 Å². The number of aliphatic hydroxyl groups is 1. The molecule has 0 aromatic carbocycles. The van der Waals surface area contributed by atoms with Crippen molar-refractivity contribution in [2.24, 2.45) is 34.0 Å². The van der Waals surface area contributed by atoms with Crippen LogP contribution >= 0.6 is 11.8 Å². The van der Waals surface area contributed by atoms with E-state index in [9.17, 15) is 19.5 Å². The maximum Gasteiger partial charge on any atom is 0.288 e. The molecule has 2 unspecified atom stereocenters. The number of alkyl halides is 2. The average molecular weight is 482 g/mol. The predicted molar refractivity (Wildman–Crippen MR) is 123 cm³/mol. The van der Waals surface area contributed by atoms with Gasteiger partial charge in [0.15, 0.2) is 11.5 Å². The summed E-state index contributed by atoms with van der Waals surface area (Å²) in [6.45, 7) is 7.21. The number of fused-ring (bicyclic) bond motifs is 5. The number of amides is 1. The summed E-state index contributed by atoms with van der Waals surface area (Å²) < 4.78 is 32.6. The van der Waals surface area contributed by atoms with Gasteiger partial charge in [0.25, 0.3) is 5.24 Å². The molecule has 5 nitrogen and oxygen atoms in total. The average Bonchev–Trinajstić information content (AvgIpc) is 2.93. The first-order chi connectivity index (χ1) is 15.1. The van der Waals surface area contributed by atoms with Crippen LogP contribution in [0.1, 0.15) is 47.0 Å². The highest BCUT2D eigenvalue weighted by Gasteiger charge is 2.75. The summed E-state index contributed by atoms with van der Waals surface area (Å²) >= 11 is 0.651. The van der Waals surface area contributed by atoms with Gasteiger partial charge in [0.1, 0.15) is 6.17 Å². The highest BCUT2D eigenvalue weighted by atomic mass is 32.2. The SMILES string of the molecule is C[C@@H]1CC2C3C[C@H](F)C4=CC(=O)C=C[C@]4(C)[C@@]3(F)[C@@H](O)C[C@]2(C)[C@@]1(C)C(=O)SC(=O)N(C)C. The second kappa shape index (κ2) is 7.48. The molecule has 33 heavy (non-hydrogen) atoms. The van der Waals surface area contributed by atoms with Gasteiger partial charge in [-0.05, 0) is 61.2 Å². The van der Waals surface area contributed by atoms with Gasteiger partial charge in [0.05, 0.1) is 6.10 Å². The third-order valence-corrected chi connectivity index (χ3v) is 10.9. The van der Waals surface area contributed by atoms with Gasteiger partial charge in [-0.1, -0.05) is 26.8 Å². The molecule has 0 aliphatic heterocycles. The molecule has 3 fully saturated rings. The molecule has 0 heterocycles. The minimum atomic E-state index is -2.16. The molecule has 0 aromatic rings. The summed E-state index contributed by atoms with van der Waals surface area (Å²) in [7, 11) is 3.15. The number of nitrogens with zero attached hydrogens (tertiary/aromatic N) is 1. The molecule has 0 bridgehead atoms. The van der Waals surface area contributed by atoms with Crippen molar-refractivity contribution in [3.63, 3.8) is 0 Å². The van der Waals surface area contributed by atoms with E-state index in [-0.39, 0.29) is 46.4 Å². The van der Waals surface area contributed by atoms with E-state index in [4.69, 9.17) is 0 Å². The lowest BCUT2D eigenvalue weighted by Gasteiger charge is -2.63. The quantitative estimate of drug-likeness (QED) is 0.597. The highest BCUT2D eigenvalue weighted by molar-refractivity contribution is 8.26. The first-order valence-corrected chi connectivity index (χ1v) is 12.4. The van der Waals surface area contributed by atoms with Gasteiger partial charge in [0, 0.05) is 42.6 Å². The maximum absolute atomic E-state index is 17.2. The normalized spacial score (nSPS) is 48.5. The number of allylic oxidation sites excluding steroid dienone is 4. The second-order valence-corrected chi connectivity index (χ2v) is 12.2. The van der Waals surface area contributed by atoms with Crippen molar-refractivity contribution < 1.29 is 28.3 Å². The van der Waals surface area contributed by atoms with E-state index in [2.05, 4.69) is 0 Å². The van der Waals surface area contributed by atoms with Crippen LogP contribution in [0.5, 0.6) is 0 Å². The third-order valence-electron chi connectivity index (χ3n) is 9.77. The van der Waals surface area contributed by atoms with E-state index in [1.165, 1.54) is 23.1 Å². The first-order valence-electron chi connectivity index (χ1n) is 11.5. The van der Waals surface area contributed by atoms with E-state index < -0.39 is 40.1 Å². The zero-order chi connectivity index (χ0) is 24.7. The summed E-state index contributed by atoms with van der Waals surface area (Å²) in [5.41, 5.74) is -5.31. The number of carbonyl (C=O) groups is 3. The van der Waals surface area contributed by atoms with Gasteiger partial charge >= 0.3 is 0 Å². The molecule has 4 aliphatic carbocycles. The number of hydrogen-bond donors (Lipinski definition) is 1. The number of thioether (sulfide) groups is 1. The molecule has 182 valence electrons. The van der Waals surface area contributed by atoms with Crippen LogP contribution in [0.15, 0.2) is 23.8 Å². The van der Waals surface area contributed by atoms with Gasteiger partial charge < -0.3 is 10.0 Å². The first kappa shape index (κ1) is 24.6. The number of rotatable bonds is 1. The van der Waals surface area contributed by atoms with Crippen molar-refractivity contribution in [2.75, 3.05) is 14.1 Å². The van der Waals surface area contributed by atoms with Crippen LogP contribution in [0, 0.1) is 34.0 Å². The van der Waals surface area contributed by atoms with Gasteiger partial charge in [-0.2, -0.15) is 0 Å². The van der Waals surface area contributed by atoms with Gasteiger partial charge in [-0.25, -0.2) is 8.78 Å². The minimum absolute atomic E-state index is 0.0234. The molecule has 0 radical (unpaired) electrons. The van der Waals surface area contributed by atoms with Crippen molar-refractivity contribution >= 4 is 27.9 Å². The van der Waals surface area contributed by atoms with Crippen LogP contribution in [0.2, 0.25) is 0 Å². The lowest BCUT2D eigenvalue weighted by atomic mass is 9.43. The van der Waals surface area contributed by atoms with Crippen molar-refractivity contribution in [1.82, 2.24) is 4.90 Å². The van der Waals surface area contributed by atoms with Crippen LogP contribution in [0.25, 0.3) is 0 Å². The molecule has 4 aliphatic rings. The topological polar surface area (TPSA) is 74.7 Å². The van der Waals surface area contributed by atoms with Crippen molar-refractivity contribution in [2.45, 2.75) is 64.9 Å². The van der Waals surface area contributed by atoms with E-state index in [1.807, 2.05) is 20.8 Å². The summed E-state index contributed by atoms with van der Waals surface area (Å²) in [6.07, 6.45) is 1.29. The molecule has 0 aromatic heterocycles. The second-order valence-electron chi connectivity index (χ2n) is 11.2. The van der Waals surface area contributed by atoms with Crippen LogP contribution < -0.4 is 0 Å². The number of hydrogen-bond acceptors (Lipinski definition) is 5. The summed E-state index contributed by atoms with van der Waals surface area (Å²) in [5, 5.41) is 10.7. The lowest BCUT2D eigenvalue weighted by molar-refractivity contribution is -0.209. The Morgan fingerprint density at radius 3 is 2.42 bits per heavy atom. The monoisotopic (exact) mass is 481 g/mol. The molecule has 8 heteroatoms. The molecular weight excluding hydrogens is 448 g/mol. The molecule has 4 rings (SSSR count). The van der Waals surface area contributed by atoms with Crippen LogP contribution in [0.4, 0.5) is 13.6 Å². The van der Waals surface area contributed by atoms with E-state index in [1.54, 1.807) is 21.0 Å². The van der Waals surface area contributed by atoms with Gasteiger partial charge in [-0.15, -0.1) is 0 Å². The van der Waals surface area contributed by atoms with Crippen LogP contribution in [-0.2, 0) is 9.59 Å². The zero-order valence-electron chi connectivity index (χ0n) is 20.0. The Labute approximate surface area is 198 Å². The number of carbonyl (C=O) groups excluding carboxylic acids is 3. The molecule has 1 amide bonds. The molecule has 0 spiro atoms. The molecule has 0 saturated heterocycles. The minimum Gasteiger partial charge on any atom is -0.390 e. The maximum atomic E-state index is 17.2. The molecule has 9 atom stereocenters. The Balaban J connectivity index is 1.79. The Hall–Kier alpha value is -1.54. The largest absolute Gasteiger partial charge is 0.390 e. The highest BCUT2D eigenvalue weighted by Crippen LogP contribution is 2.73. The van der Waals surface area contributed by atoms with Gasteiger partial charge in [0.2, 0.25) is 5.12 Å². The fraction of sp³-hybridized carbons (Fsp3) is 0.720. The Kier molecular flexibility index (Phi) is 5.57.